The summed E-state index contributed by atoms with van der Waals surface area (Å²) in [5.41, 5.74) is 7.87. The van der Waals surface area contributed by atoms with Crippen LogP contribution >= 0.6 is 0 Å². The Kier molecular flexibility index (Phi) is 24.5. The molecule has 2 aliphatic rings. The van der Waals surface area contributed by atoms with Gasteiger partial charge in [-0.3, -0.25) is 24.0 Å². The molecular weight excluding hydrogens is 1020 g/mol. The van der Waals surface area contributed by atoms with Crippen molar-refractivity contribution in [1.82, 2.24) is 25.8 Å². The first kappa shape index (κ1) is 64.5. The third-order valence-corrected chi connectivity index (χ3v) is 12.5. The molecule has 0 spiro atoms. The molecule has 80 heavy (non-hydrogen) atoms. The zero-order valence-electron chi connectivity index (χ0n) is 48.0. The smallest absolute Gasteiger partial charge is 0.407 e. The van der Waals surface area contributed by atoms with E-state index in [1.165, 1.54) is 17.1 Å². The maximum atomic E-state index is 13.3. The van der Waals surface area contributed by atoms with Crippen LogP contribution in [-0.4, -0.2) is 133 Å². The van der Waals surface area contributed by atoms with E-state index in [4.69, 9.17) is 24.1 Å². The van der Waals surface area contributed by atoms with Crippen LogP contribution in [0.25, 0.3) is 22.3 Å². The van der Waals surface area contributed by atoms with Gasteiger partial charge in [-0.25, -0.2) is 9.59 Å². The van der Waals surface area contributed by atoms with Gasteiger partial charge in [-0.15, -0.1) is 19.7 Å². The highest BCUT2D eigenvalue weighted by Gasteiger charge is 2.35. The van der Waals surface area contributed by atoms with E-state index in [1.54, 1.807) is 40.7 Å². The average molecular weight is 1100 g/mol. The molecule has 0 saturated heterocycles. The molecule has 0 saturated carbocycles. The first-order valence-electron chi connectivity index (χ1n) is 26.8. The number of nitrogens with zero attached hydrogens (tertiary/aromatic N) is 2. The fourth-order valence-corrected chi connectivity index (χ4v) is 9.08. The molecule has 0 heterocycles. The van der Waals surface area contributed by atoms with Gasteiger partial charge in [0.1, 0.15) is 49.6 Å². The van der Waals surface area contributed by atoms with E-state index in [1.807, 2.05) is 107 Å². The van der Waals surface area contributed by atoms with Gasteiger partial charge < -0.3 is 49.8 Å². The third kappa shape index (κ3) is 19.4. The first-order chi connectivity index (χ1) is 37.8. The largest absolute Gasteiger partial charge is 0.480 e. The lowest BCUT2D eigenvalue weighted by Gasteiger charge is -2.29. The summed E-state index contributed by atoms with van der Waals surface area (Å²) in [4.78, 5) is 88.6. The lowest BCUT2D eigenvalue weighted by molar-refractivity contribution is -0.159. The number of fused-ring (bicyclic) bond motifs is 6. The number of hydrogen-bond donors (Lipinski definition) is 4. The van der Waals surface area contributed by atoms with Crippen molar-refractivity contribution in [2.75, 3.05) is 52.5 Å². The number of carboxylic acids is 1. The number of esters is 2. The van der Waals surface area contributed by atoms with Gasteiger partial charge in [0.15, 0.2) is 0 Å². The van der Waals surface area contributed by atoms with E-state index in [-0.39, 0.29) is 69.0 Å². The predicted molar refractivity (Wildman–Crippen MR) is 310 cm³/mol. The molecule has 430 valence electrons. The number of aliphatic carboxylic acids is 1. The number of hydrogen-bond acceptors (Lipinski definition) is 12. The van der Waals surface area contributed by atoms with Gasteiger partial charge in [-0.2, -0.15) is 0 Å². The Morgan fingerprint density at radius 2 is 0.875 bits per heavy atom. The van der Waals surface area contributed by atoms with Crippen LogP contribution in [0, 0.1) is 11.8 Å². The Bertz CT molecular complexity index is 2720. The Hall–Kier alpha value is -8.05. The van der Waals surface area contributed by atoms with Crippen molar-refractivity contribution in [3.63, 3.8) is 0 Å². The minimum Gasteiger partial charge on any atom is -0.480 e. The van der Waals surface area contributed by atoms with Crippen LogP contribution < -0.4 is 16.0 Å². The minimum atomic E-state index is -1.14. The fraction of sp³-hybridized carbons (Fsp3) is 0.413. The molecule has 17 nitrogen and oxygen atoms in total. The van der Waals surface area contributed by atoms with Crippen molar-refractivity contribution in [2.24, 2.45) is 11.8 Å². The second kappa shape index (κ2) is 30.4. The monoisotopic (exact) mass is 1100 g/mol. The van der Waals surface area contributed by atoms with Gasteiger partial charge >= 0.3 is 30.1 Å². The second-order valence-electron chi connectivity index (χ2n) is 21.9. The molecule has 17 heteroatoms. The SMILES string of the molecule is C=CCN(CC(=O)O)C(=O)[C@@H](NC(=O)OCC1c2ccccc2-c2ccccc21)C(C)C.C=CCN(CC(=O)OC(C)(C)C)C(=O)[C@@H](NC(=O)OCC1c2ccccc2-c2ccccc21)C(C)C.C=CCNCC(=O)OC(C)(C)C. The molecule has 6 rings (SSSR count). The Labute approximate surface area is 471 Å². The Balaban J connectivity index is 0.000000288. The highest BCUT2D eigenvalue weighted by atomic mass is 16.6. The molecule has 0 aliphatic heterocycles. The second-order valence-corrected chi connectivity index (χ2v) is 21.9. The molecule has 4 aromatic rings. The molecule has 2 aliphatic carbocycles. The summed E-state index contributed by atoms with van der Waals surface area (Å²) in [7, 11) is 0. The number of carbonyl (C=O) groups excluding carboxylic acids is 6. The quantitative estimate of drug-likeness (QED) is 0.0250. The molecule has 2 atom stereocenters. The van der Waals surface area contributed by atoms with E-state index in [2.05, 4.69) is 60.0 Å². The van der Waals surface area contributed by atoms with Crippen molar-refractivity contribution < 1.29 is 57.6 Å². The molecule has 0 bridgehead atoms. The van der Waals surface area contributed by atoms with Crippen molar-refractivity contribution in [2.45, 2.75) is 104 Å². The molecule has 4 N–H and O–H groups in total. The molecule has 0 fully saturated rings. The number of rotatable bonds is 22. The summed E-state index contributed by atoms with van der Waals surface area (Å²) in [5, 5.41) is 17.3. The summed E-state index contributed by atoms with van der Waals surface area (Å²) in [6.07, 6.45) is 3.29. The van der Waals surface area contributed by atoms with E-state index in [0.29, 0.717) is 6.54 Å². The lowest BCUT2D eigenvalue weighted by Crippen LogP contribution is -2.53. The zero-order valence-corrected chi connectivity index (χ0v) is 48.0. The number of carbonyl (C=O) groups is 7. The highest BCUT2D eigenvalue weighted by molar-refractivity contribution is 5.90. The number of nitrogens with one attached hydrogen (secondary N) is 3. The Morgan fingerprint density at radius 1 is 0.537 bits per heavy atom. The fourth-order valence-electron chi connectivity index (χ4n) is 9.08. The van der Waals surface area contributed by atoms with Crippen LogP contribution in [0.15, 0.2) is 135 Å². The molecule has 4 aromatic carbocycles. The van der Waals surface area contributed by atoms with Crippen LogP contribution in [0.3, 0.4) is 0 Å². The molecule has 0 radical (unpaired) electrons. The summed E-state index contributed by atoms with van der Waals surface area (Å²) >= 11 is 0. The van der Waals surface area contributed by atoms with Crippen LogP contribution in [0.2, 0.25) is 0 Å². The third-order valence-electron chi connectivity index (χ3n) is 12.5. The highest BCUT2D eigenvalue weighted by Crippen LogP contribution is 2.45. The van der Waals surface area contributed by atoms with Gasteiger partial charge in [0, 0.05) is 31.5 Å². The summed E-state index contributed by atoms with van der Waals surface area (Å²) < 4.78 is 21.6. The van der Waals surface area contributed by atoms with Gasteiger partial charge in [0.05, 0.1) is 6.54 Å². The van der Waals surface area contributed by atoms with E-state index < -0.39 is 65.8 Å². The molecule has 4 amide bonds. The van der Waals surface area contributed by atoms with E-state index >= 15 is 0 Å². The molecule has 0 unspecified atom stereocenters. The summed E-state index contributed by atoms with van der Waals surface area (Å²) in [6.45, 7) is 29.4. The van der Waals surface area contributed by atoms with Gasteiger partial charge in [0.25, 0.3) is 0 Å². The summed E-state index contributed by atoms with van der Waals surface area (Å²) in [6, 6.07) is 30.4. The maximum absolute atomic E-state index is 13.3. The van der Waals surface area contributed by atoms with Gasteiger partial charge in [-0.05, 0) is 97.9 Å². The van der Waals surface area contributed by atoms with Crippen molar-refractivity contribution in [3.05, 3.63) is 157 Å². The van der Waals surface area contributed by atoms with Crippen LogP contribution in [0.4, 0.5) is 9.59 Å². The van der Waals surface area contributed by atoms with Gasteiger partial charge in [-0.1, -0.05) is 143 Å². The van der Waals surface area contributed by atoms with E-state index in [0.717, 1.165) is 49.4 Å². The lowest BCUT2D eigenvalue weighted by atomic mass is 9.98. The number of amides is 4. The zero-order chi connectivity index (χ0) is 59.3. The van der Waals surface area contributed by atoms with Crippen LogP contribution in [0.1, 0.15) is 103 Å². The number of ether oxygens (including phenoxy) is 4. The van der Waals surface area contributed by atoms with Crippen molar-refractivity contribution in [3.8, 4) is 22.3 Å². The molecule has 0 aromatic heterocycles. The van der Waals surface area contributed by atoms with Gasteiger partial charge in [0.2, 0.25) is 11.8 Å². The average Bonchev–Trinajstić information content (AvgIpc) is 4.12. The number of carboxylic acid groups (broad SMARTS) is 1. The first-order valence-corrected chi connectivity index (χ1v) is 26.8. The minimum absolute atomic E-state index is 0.0702. The van der Waals surface area contributed by atoms with Crippen molar-refractivity contribution in [1.29, 1.82) is 0 Å². The molecular formula is C63H81N5O12. The number of benzene rings is 4. The van der Waals surface area contributed by atoms with Crippen molar-refractivity contribution >= 4 is 41.9 Å². The van der Waals surface area contributed by atoms with Crippen LogP contribution in [0.5, 0.6) is 0 Å². The maximum Gasteiger partial charge on any atom is 0.407 e. The van der Waals surface area contributed by atoms with Crippen LogP contribution in [-0.2, 0) is 42.9 Å². The standard InChI is InChI=1S/C29H36N2O5.C25H28N2O5.C9H17NO2/c1-7-16-31(17-25(32)36-29(4,5)6)27(33)26(19(2)3)30-28(34)35-18-24-22-14-10-8-12-20(22)21-13-9-11-15-23(21)24;1-4-13-27(14-22(28)29)24(30)23(16(2)3)26-25(31)32-15-21-19-11-7-5-9-17(19)18-10-6-8-12-20(18)21;1-5-6-10-7-8(11)12-9(2,3)4/h7-15,19,24,26H,1,16-18H2,2-6H3,(H,30,34);4-12,16,21,23H,1,13-15H2,2-3H3,(H,26,31)(H,28,29);5,10H,1,6-7H2,2-4H3/t26-;23-;/m00./s1. The normalized spacial score (nSPS) is 12.9. The number of alkyl carbamates (subject to hydrolysis) is 2. The topological polar surface area (TPSA) is 219 Å². The van der Waals surface area contributed by atoms with E-state index in [9.17, 15) is 33.6 Å². The predicted octanol–water partition coefficient (Wildman–Crippen LogP) is 9.66. The Morgan fingerprint density at radius 3 is 1.19 bits per heavy atom. The summed E-state index contributed by atoms with van der Waals surface area (Å²) in [5.74, 6) is -3.45.